The van der Waals surface area contributed by atoms with Gasteiger partial charge >= 0.3 is 0 Å². The molecule has 0 N–H and O–H groups in total. The van der Waals surface area contributed by atoms with E-state index in [1.807, 2.05) is 6.07 Å². The number of ether oxygens (including phenoxy) is 2. The van der Waals surface area contributed by atoms with E-state index in [2.05, 4.69) is 0 Å². The Labute approximate surface area is 112 Å². The molecule has 1 heterocycles. The average Bonchev–Trinajstić information content (AvgIpc) is 2.47. The lowest BCUT2D eigenvalue weighted by molar-refractivity contribution is -0.142. The maximum Gasteiger partial charge on any atom is 0.263 e. The number of carbonyl (C=O) groups excluding carboxylic acids is 1. The normalized spacial score (nSPS) is 16.5. The van der Waals surface area contributed by atoms with Gasteiger partial charge in [-0.25, -0.2) is 0 Å². The Morgan fingerprint density at radius 2 is 2.21 bits per heavy atom. The largest absolute Gasteiger partial charge is 0.481 e. The molecule has 1 atom stereocenters. The highest BCUT2D eigenvalue weighted by atomic mass is 16.5. The minimum absolute atomic E-state index is 0.0503. The Bertz CT molecular complexity index is 490. The van der Waals surface area contributed by atoms with Gasteiger partial charge in [0.05, 0.1) is 24.8 Å². The van der Waals surface area contributed by atoms with Crippen LogP contribution in [-0.2, 0) is 9.53 Å². The third-order valence-corrected chi connectivity index (χ3v) is 2.95. The van der Waals surface area contributed by atoms with Crippen LogP contribution in [-0.4, -0.2) is 43.2 Å². The molecule has 1 fully saturated rings. The predicted molar refractivity (Wildman–Crippen MR) is 68.6 cm³/mol. The second-order valence-corrected chi connectivity index (χ2v) is 4.34. The van der Waals surface area contributed by atoms with Crippen LogP contribution in [0.3, 0.4) is 0 Å². The number of rotatable bonds is 3. The zero-order chi connectivity index (χ0) is 13.7. The number of nitriles is 1. The molecule has 19 heavy (non-hydrogen) atoms. The van der Waals surface area contributed by atoms with Crippen molar-refractivity contribution < 1.29 is 14.3 Å². The van der Waals surface area contributed by atoms with Crippen molar-refractivity contribution in [3.05, 3.63) is 29.8 Å². The number of morpholine rings is 1. The van der Waals surface area contributed by atoms with Crippen molar-refractivity contribution in [2.45, 2.75) is 13.0 Å². The van der Waals surface area contributed by atoms with Gasteiger partial charge in [0.15, 0.2) is 6.10 Å². The van der Waals surface area contributed by atoms with Crippen LogP contribution in [0.15, 0.2) is 24.3 Å². The maximum atomic E-state index is 12.1. The van der Waals surface area contributed by atoms with Gasteiger partial charge < -0.3 is 14.4 Å². The van der Waals surface area contributed by atoms with Crippen LogP contribution in [0.1, 0.15) is 12.5 Å². The van der Waals surface area contributed by atoms with E-state index in [0.29, 0.717) is 37.6 Å². The lowest BCUT2D eigenvalue weighted by atomic mass is 10.2. The Hall–Kier alpha value is -2.06. The summed E-state index contributed by atoms with van der Waals surface area (Å²) in [5.41, 5.74) is 0.517. The molecule has 0 bridgehead atoms. The fourth-order valence-corrected chi connectivity index (χ4v) is 1.93. The van der Waals surface area contributed by atoms with Crippen molar-refractivity contribution in [1.82, 2.24) is 4.90 Å². The smallest absolute Gasteiger partial charge is 0.263 e. The van der Waals surface area contributed by atoms with Gasteiger partial charge in [-0.3, -0.25) is 4.79 Å². The summed E-state index contributed by atoms with van der Waals surface area (Å²) in [6, 6.07) is 8.84. The molecule has 5 heteroatoms. The van der Waals surface area contributed by atoms with Gasteiger partial charge in [0.1, 0.15) is 5.75 Å². The number of benzene rings is 1. The molecular weight excluding hydrogens is 244 g/mol. The molecule has 0 saturated carbocycles. The molecule has 1 aromatic carbocycles. The van der Waals surface area contributed by atoms with Crippen LogP contribution in [0.4, 0.5) is 0 Å². The minimum atomic E-state index is -0.563. The number of hydrogen-bond donors (Lipinski definition) is 0. The molecular formula is C14H16N2O3. The maximum absolute atomic E-state index is 12.1. The van der Waals surface area contributed by atoms with Crippen LogP contribution in [0, 0.1) is 11.3 Å². The van der Waals surface area contributed by atoms with Crippen LogP contribution < -0.4 is 4.74 Å². The first-order valence-corrected chi connectivity index (χ1v) is 6.24. The highest BCUT2D eigenvalue weighted by molar-refractivity contribution is 5.81. The summed E-state index contributed by atoms with van der Waals surface area (Å²) in [5, 5.41) is 8.81. The first-order valence-electron chi connectivity index (χ1n) is 6.24. The summed E-state index contributed by atoms with van der Waals surface area (Å²) in [4.78, 5) is 13.9. The fraction of sp³-hybridized carbons (Fsp3) is 0.429. The number of hydrogen-bond acceptors (Lipinski definition) is 4. The molecule has 1 saturated heterocycles. The Morgan fingerprint density at radius 1 is 1.47 bits per heavy atom. The van der Waals surface area contributed by atoms with Crippen LogP contribution >= 0.6 is 0 Å². The summed E-state index contributed by atoms with van der Waals surface area (Å²) in [6.07, 6.45) is -0.563. The second kappa shape index (κ2) is 6.21. The molecule has 0 radical (unpaired) electrons. The lowest BCUT2D eigenvalue weighted by Gasteiger charge is -2.29. The molecule has 2 rings (SSSR count). The third kappa shape index (κ3) is 3.46. The first kappa shape index (κ1) is 13.4. The van der Waals surface area contributed by atoms with E-state index in [4.69, 9.17) is 14.7 Å². The van der Waals surface area contributed by atoms with Gasteiger partial charge in [0.25, 0.3) is 5.91 Å². The molecule has 100 valence electrons. The average molecular weight is 260 g/mol. The van der Waals surface area contributed by atoms with Crippen molar-refractivity contribution in [3.63, 3.8) is 0 Å². The van der Waals surface area contributed by atoms with E-state index in [1.54, 1.807) is 36.1 Å². The Kier molecular flexibility index (Phi) is 4.37. The van der Waals surface area contributed by atoms with Crippen molar-refractivity contribution in [2.24, 2.45) is 0 Å². The van der Waals surface area contributed by atoms with E-state index < -0.39 is 6.10 Å². The number of nitrogens with zero attached hydrogens (tertiary/aromatic N) is 2. The Balaban J connectivity index is 1.97. The summed E-state index contributed by atoms with van der Waals surface area (Å²) < 4.78 is 10.8. The van der Waals surface area contributed by atoms with Gasteiger partial charge in [0, 0.05) is 13.1 Å². The molecule has 1 amide bonds. The van der Waals surface area contributed by atoms with E-state index in [-0.39, 0.29) is 5.91 Å². The van der Waals surface area contributed by atoms with Crippen LogP contribution in [0.2, 0.25) is 0 Å². The van der Waals surface area contributed by atoms with E-state index in [1.165, 1.54) is 0 Å². The molecule has 1 aliphatic rings. The van der Waals surface area contributed by atoms with Gasteiger partial charge in [-0.1, -0.05) is 6.07 Å². The Morgan fingerprint density at radius 3 is 2.89 bits per heavy atom. The molecule has 5 nitrogen and oxygen atoms in total. The molecule has 0 aliphatic carbocycles. The zero-order valence-electron chi connectivity index (χ0n) is 10.8. The fourth-order valence-electron chi connectivity index (χ4n) is 1.93. The summed E-state index contributed by atoms with van der Waals surface area (Å²) in [7, 11) is 0. The highest BCUT2D eigenvalue weighted by Gasteiger charge is 2.23. The quantitative estimate of drug-likeness (QED) is 0.818. The molecule has 1 unspecified atom stereocenters. The van der Waals surface area contributed by atoms with Crippen LogP contribution in [0.5, 0.6) is 5.75 Å². The number of amides is 1. The lowest BCUT2D eigenvalue weighted by Crippen LogP contribution is -2.46. The summed E-state index contributed by atoms with van der Waals surface area (Å²) in [5.74, 6) is 0.485. The van der Waals surface area contributed by atoms with Crippen molar-refractivity contribution in [1.29, 1.82) is 5.26 Å². The van der Waals surface area contributed by atoms with E-state index in [9.17, 15) is 4.79 Å². The SMILES string of the molecule is CC(Oc1cccc(C#N)c1)C(=O)N1CCOCC1. The highest BCUT2D eigenvalue weighted by Crippen LogP contribution is 2.15. The monoisotopic (exact) mass is 260 g/mol. The second-order valence-electron chi connectivity index (χ2n) is 4.34. The van der Waals surface area contributed by atoms with Gasteiger partial charge in [0.2, 0.25) is 0 Å². The topological polar surface area (TPSA) is 62.6 Å². The van der Waals surface area contributed by atoms with Crippen LogP contribution in [0.25, 0.3) is 0 Å². The zero-order valence-corrected chi connectivity index (χ0v) is 10.8. The first-order chi connectivity index (χ1) is 9.20. The standard InChI is InChI=1S/C14H16N2O3/c1-11(14(17)16-5-7-18-8-6-16)19-13-4-2-3-12(9-13)10-15/h2-4,9,11H,5-8H2,1H3. The minimum Gasteiger partial charge on any atom is -0.481 e. The van der Waals surface area contributed by atoms with Gasteiger partial charge in [-0.15, -0.1) is 0 Å². The summed E-state index contributed by atoms with van der Waals surface area (Å²) >= 11 is 0. The summed E-state index contributed by atoms with van der Waals surface area (Å²) in [6.45, 7) is 4.07. The molecule has 1 aliphatic heterocycles. The van der Waals surface area contributed by atoms with E-state index >= 15 is 0 Å². The predicted octanol–water partition coefficient (Wildman–Crippen LogP) is 1.18. The third-order valence-electron chi connectivity index (χ3n) is 2.95. The van der Waals surface area contributed by atoms with E-state index in [0.717, 1.165) is 0 Å². The molecule has 1 aromatic rings. The van der Waals surface area contributed by atoms with Crippen molar-refractivity contribution in [2.75, 3.05) is 26.3 Å². The number of carbonyl (C=O) groups is 1. The van der Waals surface area contributed by atoms with Gasteiger partial charge in [-0.2, -0.15) is 5.26 Å². The van der Waals surface area contributed by atoms with Crippen molar-refractivity contribution >= 4 is 5.91 Å². The molecule has 0 aromatic heterocycles. The molecule has 0 spiro atoms. The van der Waals surface area contributed by atoms with Gasteiger partial charge in [-0.05, 0) is 25.1 Å². The van der Waals surface area contributed by atoms with Crippen molar-refractivity contribution in [3.8, 4) is 11.8 Å².